The minimum atomic E-state index is 0. The predicted molar refractivity (Wildman–Crippen MR) is 69.0 cm³/mol. The molecule has 2 fully saturated rings. The zero-order valence-electron chi connectivity index (χ0n) is 11.4. The van der Waals surface area contributed by atoms with Crippen molar-refractivity contribution in [3.63, 3.8) is 0 Å². The van der Waals surface area contributed by atoms with Crippen molar-refractivity contribution >= 4 is 0 Å². The Morgan fingerprint density at radius 1 is 1.35 bits per heavy atom. The largest absolute Gasteiger partial charge is 3.00 e. The van der Waals surface area contributed by atoms with Crippen LogP contribution in [-0.4, -0.2) is 0 Å². The van der Waals surface area contributed by atoms with E-state index in [1.165, 1.54) is 44.9 Å². The normalized spacial score (nSPS) is 45.1. The van der Waals surface area contributed by atoms with Crippen LogP contribution in [0.25, 0.3) is 0 Å². The van der Waals surface area contributed by atoms with Crippen LogP contribution in [0.4, 0.5) is 0 Å². The summed E-state index contributed by atoms with van der Waals surface area (Å²) < 4.78 is 0. The van der Waals surface area contributed by atoms with Crippen molar-refractivity contribution in [2.45, 2.75) is 58.8 Å². The standard InChI is InChI=1S/C16H25.Y/c1-12-6-9-15-13(11-12)7-8-14-5-3-4-10-16(14,15)2;/h3,8,12-13,15H,4-7,9-11H2,1-2H3;/q-1;+3. The predicted octanol–water partition coefficient (Wildman–Crippen LogP) is 4.76. The molecular weight excluding hydrogens is 281 g/mol. The summed E-state index contributed by atoms with van der Waals surface area (Å²) in [6.07, 6.45) is 15.0. The fourth-order valence-electron chi connectivity index (χ4n) is 4.68. The molecule has 0 N–H and O–H groups in total. The molecule has 0 nitrogen and oxygen atoms in total. The summed E-state index contributed by atoms with van der Waals surface area (Å²) in [5.41, 5.74) is 2.37. The van der Waals surface area contributed by atoms with Gasteiger partial charge in [-0.1, -0.05) is 38.3 Å². The molecule has 0 aromatic rings. The first-order valence-corrected chi connectivity index (χ1v) is 7.21. The van der Waals surface area contributed by atoms with Gasteiger partial charge in [-0.25, -0.2) is 0 Å². The minimum absolute atomic E-state index is 0. The van der Waals surface area contributed by atoms with E-state index in [1.807, 2.05) is 0 Å². The molecule has 1 heteroatoms. The molecule has 3 aliphatic carbocycles. The van der Waals surface area contributed by atoms with E-state index >= 15 is 0 Å². The summed E-state index contributed by atoms with van der Waals surface area (Å²) in [7, 11) is 0. The zero-order chi connectivity index (χ0) is 11.2. The molecule has 0 heterocycles. The van der Waals surface area contributed by atoms with Gasteiger partial charge in [-0.05, 0) is 42.4 Å². The third kappa shape index (κ3) is 2.46. The van der Waals surface area contributed by atoms with Gasteiger partial charge in [0.1, 0.15) is 0 Å². The van der Waals surface area contributed by atoms with Gasteiger partial charge in [0.05, 0.1) is 0 Å². The quantitative estimate of drug-likeness (QED) is 0.447. The summed E-state index contributed by atoms with van der Waals surface area (Å²) in [6.45, 7) is 5.02. The zero-order valence-corrected chi connectivity index (χ0v) is 14.3. The Morgan fingerprint density at radius 3 is 3.00 bits per heavy atom. The van der Waals surface area contributed by atoms with Crippen LogP contribution < -0.4 is 0 Å². The molecule has 0 aliphatic heterocycles. The van der Waals surface area contributed by atoms with E-state index in [4.69, 9.17) is 0 Å². The van der Waals surface area contributed by atoms with Crippen LogP contribution in [-0.2, 0) is 32.7 Å². The number of allylic oxidation sites excluding steroid dienone is 2. The van der Waals surface area contributed by atoms with E-state index in [0.717, 1.165) is 17.8 Å². The second-order valence-electron chi connectivity index (χ2n) is 6.70. The first kappa shape index (κ1) is 14.3. The molecule has 3 rings (SSSR count). The maximum Gasteiger partial charge on any atom is 3.00 e. The monoisotopic (exact) mass is 306 g/mol. The maximum absolute atomic E-state index is 2.61. The van der Waals surface area contributed by atoms with Crippen molar-refractivity contribution in [2.24, 2.45) is 23.2 Å². The van der Waals surface area contributed by atoms with Gasteiger partial charge in [-0.3, -0.25) is 0 Å². The molecule has 0 spiro atoms. The van der Waals surface area contributed by atoms with E-state index in [9.17, 15) is 0 Å². The van der Waals surface area contributed by atoms with Gasteiger partial charge < -0.3 is 6.42 Å². The molecule has 17 heavy (non-hydrogen) atoms. The van der Waals surface area contributed by atoms with E-state index < -0.39 is 0 Å². The van der Waals surface area contributed by atoms with Gasteiger partial charge in [-0.2, -0.15) is 12.8 Å². The van der Waals surface area contributed by atoms with Crippen LogP contribution in [0.3, 0.4) is 0 Å². The van der Waals surface area contributed by atoms with Crippen molar-refractivity contribution in [2.75, 3.05) is 0 Å². The molecule has 90 valence electrons. The smallest absolute Gasteiger partial charge is 0.325 e. The second-order valence-corrected chi connectivity index (χ2v) is 6.70. The molecule has 0 amide bonds. The van der Waals surface area contributed by atoms with Gasteiger partial charge in [0.2, 0.25) is 0 Å². The van der Waals surface area contributed by atoms with Crippen LogP contribution in [0, 0.1) is 29.6 Å². The maximum atomic E-state index is 2.61. The van der Waals surface area contributed by atoms with Crippen molar-refractivity contribution < 1.29 is 32.7 Å². The second kappa shape index (κ2) is 5.45. The SMILES string of the molecule is CC1CCC2C(CC=C3C[CH-]CCC32C)C1.[Y+3]. The molecule has 0 radical (unpaired) electrons. The fraction of sp³-hybridized carbons (Fsp3) is 0.812. The van der Waals surface area contributed by atoms with E-state index in [-0.39, 0.29) is 32.7 Å². The molecule has 2 saturated carbocycles. The number of fused-ring (bicyclic) bond motifs is 3. The van der Waals surface area contributed by atoms with Crippen LogP contribution in [0.2, 0.25) is 0 Å². The minimum Gasteiger partial charge on any atom is -0.325 e. The fourth-order valence-corrected chi connectivity index (χ4v) is 4.68. The van der Waals surface area contributed by atoms with Crippen LogP contribution in [0.5, 0.6) is 0 Å². The third-order valence-electron chi connectivity index (χ3n) is 5.70. The Kier molecular flexibility index (Phi) is 4.57. The van der Waals surface area contributed by atoms with E-state index in [2.05, 4.69) is 26.3 Å². The van der Waals surface area contributed by atoms with Crippen molar-refractivity contribution in [3.05, 3.63) is 18.1 Å². The van der Waals surface area contributed by atoms with Crippen molar-refractivity contribution in [1.82, 2.24) is 0 Å². The summed E-state index contributed by atoms with van der Waals surface area (Å²) in [5.74, 6) is 3.00. The van der Waals surface area contributed by atoms with Gasteiger partial charge in [0.25, 0.3) is 0 Å². The van der Waals surface area contributed by atoms with Crippen molar-refractivity contribution in [3.8, 4) is 0 Å². The van der Waals surface area contributed by atoms with E-state index in [0.29, 0.717) is 5.41 Å². The molecule has 0 aromatic carbocycles. The summed E-state index contributed by atoms with van der Waals surface area (Å²) in [5, 5.41) is 0. The van der Waals surface area contributed by atoms with Crippen LogP contribution in [0.1, 0.15) is 58.8 Å². The summed E-state index contributed by atoms with van der Waals surface area (Å²) in [6, 6.07) is 0. The molecule has 4 atom stereocenters. The number of hydrogen-bond donors (Lipinski definition) is 0. The molecule has 0 aromatic heterocycles. The third-order valence-corrected chi connectivity index (χ3v) is 5.70. The van der Waals surface area contributed by atoms with Crippen LogP contribution >= 0.6 is 0 Å². The first-order valence-electron chi connectivity index (χ1n) is 7.21. The van der Waals surface area contributed by atoms with Gasteiger partial charge >= 0.3 is 32.7 Å². The Balaban J connectivity index is 0.00000108. The van der Waals surface area contributed by atoms with E-state index in [1.54, 1.807) is 5.57 Å². The van der Waals surface area contributed by atoms with Crippen LogP contribution in [0.15, 0.2) is 11.6 Å². The number of hydrogen-bond acceptors (Lipinski definition) is 0. The Bertz CT molecular complexity index is 307. The average Bonchev–Trinajstić information content (AvgIpc) is 2.28. The molecule has 0 saturated heterocycles. The Hall–Kier alpha value is 0.844. The summed E-state index contributed by atoms with van der Waals surface area (Å²) >= 11 is 0. The van der Waals surface area contributed by atoms with Gasteiger partial charge in [0.15, 0.2) is 0 Å². The van der Waals surface area contributed by atoms with Gasteiger partial charge in [0, 0.05) is 0 Å². The Morgan fingerprint density at radius 2 is 2.18 bits per heavy atom. The molecule has 0 bridgehead atoms. The van der Waals surface area contributed by atoms with Gasteiger partial charge in [-0.15, -0.1) is 0 Å². The molecule has 4 unspecified atom stereocenters. The number of rotatable bonds is 0. The molecular formula is C16H25Y+2. The summed E-state index contributed by atoms with van der Waals surface area (Å²) in [4.78, 5) is 0. The first-order chi connectivity index (χ1) is 7.70. The topological polar surface area (TPSA) is 0 Å². The Labute approximate surface area is 132 Å². The molecule has 3 aliphatic rings. The van der Waals surface area contributed by atoms with Crippen molar-refractivity contribution in [1.29, 1.82) is 0 Å². The average molecular weight is 306 g/mol.